The van der Waals surface area contributed by atoms with Crippen molar-refractivity contribution in [1.82, 2.24) is 4.40 Å². The van der Waals surface area contributed by atoms with E-state index >= 15 is 0 Å². The van der Waals surface area contributed by atoms with Gasteiger partial charge in [-0.05, 0) is 203 Å². The highest BCUT2D eigenvalue weighted by Crippen LogP contribution is 2.70. The van der Waals surface area contributed by atoms with E-state index in [2.05, 4.69) is 263 Å². The van der Waals surface area contributed by atoms with Gasteiger partial charge in [0.25, 0.3) is 0 Å². The van der Waals surface area contributed by atoms with Gasteiger partial charge in [0.2, 0.25) is 0 Å². The van der Waals surface area contributed by atoms with Crippen LogP contribution < -0.4 is 0 Å². The third-order valence-electron chi connectivity index (χ3n) is 24.2. The molecule has 2 heterocycles. The average Bonchev–Trinajstić information content (AvgIpc) is 1.53. The van der Waals surface area contributed by atoms with Crippen molar-refractivity contribution in [1.29, 1.82) is 10.5 Å². The molecule has 2 spiro atoms. The van der Waals surface area contributed by atoms with Crippen LogP contribution in [0.15, 0.2) is 218 Å². The summed E-state index contributed by atoms with van der Waals surface area (Å²) in [5.41, 5.74) is 27.9. The Hall–Kier alpha value is -9.80. The van der Waals surface area contributed by atoms with E-state index in [1.807, 2.05) is 0 Å². The van der Waals surface area contributed by atoms with Crippen molar-refractivity contribution in [2.75, 3.05) is 0 Å². The predicted octanol–water partition coefficient (Wildman–Crippen LogP) is 20.4. The smallest absolute Gasteiger partial charge is 0.0996 e. The topological polar surface area (TPSA) is 52.0 Å². The van der Waals surface area contributed by atoms with Gasteiger partial charge in [-0.3, -0.25) is 0 Å². The van der Waals surface area contributed by atoms with Gasteiger partial charge < -0.3 is 4.40 Å². The summed E-state index contributed by atoms with van der Waals surface area (Å²) in [6, 6.07) is 88.6. The van der Waals surface area contributed by atoms with E-state index in [0.29, 0.717) is 11.1 Å². The second-order valence-electron chi connectivity index (χ2n) is 28.9. The van der Waals surface area contributed by atoms with Gasteiger partial charge in [0, 0.05) is 32.4 Å². The Morgan fingerprint density at radius 3 is 1.07 bits per heavy atom. The zero-order valence-corrected chi connectivity index (χ0v) is 50.6. The Balaban J connectivity index is 1.02. The van der Waals surface area contributed by atoms with Crippen LogP contribution in [0.3, 0.4) is 0 Å². The summed E-state index contributed by atoms with van der Waals surface area (Å²) in [4.78, 5) is 0. The number of nitrogens with zero attached hydrogens (tertiary/aromatic N) is 3. The molecular formula is C86H63N3. The summed E-state index contributed by atoms with van der Waals surface area (Å²) < 4.78 is 2.55. The molecule has 13 aromatic rings. The normalized spacial score (nSPS) is 21.5. The molecule has 422 valence electrons. The van der Waals surface area contributed by atoms with E-state index in [1.54, 1.807) is 0 Å². The monoisotopic (exact) mass is 1140 g/mol. The quantitative estimate of drug-likeness (QED) is 0.177. The van der Waals surface area contributed by atoms with E-state index in [-0.39, 0.29) is 16.2 Å². The van der Waals surface area contributed by atoms with E-state index in [9.17, 15) is 10.5 Å². The molecule has 11 aromatic carbocycles. The van der Waals surface area contributed by atoms with Crippen LogP contribution in [-0.4, -0.2) is 4.40 Å². The SMILES string of the molecule is CC1(C)c2ccccc2C2(c3ccccc31)c1cccc(-c3ccccc3)c1-c1c2c(C#N)cc2c1c1cc(C34CC5CC(CC(C5)C3)C4)cc3c4c5c(c(C#N)cc4n2c13)C1(c2ccccc2C(C)(C)c2ccccc21)c1cccc(-c2ccccc2)c1-5. The summed E-state index contributed by atoms with van der Waals surface area (Å²) in [5.74, 6) is 2.20. The Morgan fingerprint density at radius 2 is 0.708 bits per heavy atom. The van der Waals surface area contributed by atoms with E-state index in [4.69, 9.17) is 0 Å². The maximum absolute atomic E-state index is 12.4. The molecule has 4 fully saturated rings. The van der Waals surface area contributed by atoms with Gasteiger partial charge in [0.1, 0.15) is 0 Å². The molecular weight excluding hydrogens is 1070 g/mol. The lowest BCUT2D eigenvalue weighted by Crippen LogP contribution is -2.48. The fourth-order valence-electron chi connectivity index (χ4n) is 21.5. The van der Waals surface area contributed by atoms with Gasteiger partial charge in [0.15, 0.2) is 0 Å². The molecule has 0 N–H and O–H groups in total. The third-order valence-corrected chi connectivity index (χ3v) is 24.2. The zero-order chi connectivity index (χ0) is 59.2. The first-order valence-corrected chi connectivity index (χ1v) is 32.5. The molecule has 8 aliphatic rings. The van der Waals surface area contributed by atoms with Gasteiger partial charge in [-0.25, -0.2) is 0 Å². The number of aromatic nitrogens is 1. The van der Waals surface area contributed by atoms with Crippen LogP contribution in [0, 0.1) is 40.4 Å². The van der Waals surface area contributed by atoms with Gasteiger partial charge in [-0.15, -0.1) is 0 Å². The second-order valence-corrected chi connectivity index (χ2v) is 28.9. The van der Waals surface area contributed by atoms with Crippen molar-refractivity contribution in [2.24, 2.45) is 17.8 Å². The minimum Gasteiger partial charge on any atom is -0.308 e. The maximum Gasteiger partial charge on any atom is 0.0996 e. The Kier molecular flexibility index (Phi) is 9.52. The van der Waals surface area contributed by atoms with Crippen molar-refractivity contribution in [3.63, 3.8) is 0 Å². The summed E-state index contributed by atoms with van der Waals surface area (Å²) >= 11 is 0. The number of nitriles is 2. The van der Waals surface area contributed by atoms with E-state index < -0.39 is 10.8 Å². The highest BCUT2D eigenvalue weighted by Gasteiger charge is 2.59. The fraction of sp³-hybridized carbons (Fsp3) is 0.209. The van der Waals surface area contributed by atoms with Crippen molar-refractivity contribution < 1.29 is 0 Å². The Labute approximate surface area is 519 Å². The van der Waals surface area contributed by atoms with Crippen LogP contribution in [0.25, 0.3) is 82.6 Å². The summed E-state index contributed by atoms with van der Waals surface area (Å²) in [6.07, 6.45) is 7.73. The number of benzene rings is 11. The Bertz CT molecular complexity index is 4990. The minimum atomic E-state index is -0.823. The molecule has 89 heavy (non-hydrogen) atoms. The molecule has 21 rings (SSSR count). The molecule has 4 saturated carbocycles. The zero-order valence-electron chi connectivity index (χ0n) is 50.6. The molecule has 0 amide bonds. The van der Waals surface area contributed by atoms with Gasteiger partial charge >= 0.3 is 0 Å². The molecule has 0 atom stereocenters. The first-order chi connectivity index (χ1) is 43.5. The lowest BCUT2D eigenvalue weighted by atomic mass is 9.48. The third kappa shape index (κ3) is 5.82. The largest absolute Gasteiger partial charge is 0.308 e. The first-order valence-electron chi connectivity index (χ1n) is 32.5. The molecule has 3 heteroatoms. The molecule has 0 radical (unpaired) electrons. The van der Waals surface area contributed by atoms with Crippen LogP contribution in [0.1, 0.15) is 150 Å². The summed E-state index contributed by atoms with van der Waals surface area (Å²) in [7, 11) is 0. The lowest BCUT2D eigenvalue weighted by Gasteiger charge is -2.57. The highest BCUT2D eigenvalue weighted by molar-refractivity contribution is 6.31. The van der Waals surface area contributed by atoms with Crippen LogP contribution in [0.4, 0.5) is 0 Å². The minimum absolute atomic E-state index is 0.0322. The molecule has 0 aliphatic heterocycles. The van der Waals surface area contributed by atoms with Crippen LogP contribution in [0.5, 0.6) is 0 Å². The molecule has 0 unspecified atom stereocenters. The van der Waals surface area contributed by atoms with Gasteiger partial charge in [-0.2, -0.15) is 10.5 Å². The molecule has 4 bridgehead atoms. The average molecular weight is 1140 g/mol. The van der Waals surface area contributed by atoms with Crippen LogP contribution in [0.2, 0.25) is 0 Å². The van der Waals surface area contributed by atoms with Gasteiger partial charge in [-0.1, -0.05) is 222 Å². The lowest BCUT2D eigenvalue weighted by molar-refractivity contribution is -0.00508. The number of rotatable bonds is 3. The van der Waals surface area contributed by atoms with Gasteiger partial charge in [0.05, 0.1) is 50.6 Å². The predicted molar refractivity (Wildman–Crippen MR) is 360 cm³/mol. The number of hydrogen-bond donors (Lipinski definition) is 0. The fourth-order valence-corrected chi connectivity index (χ4v) is 21.5. The second kappa shape index (κ2) is 16.9. The van der Waals surface area contributed by atoms with E-state index in [0.717, 1.165) is 62.2 Å². The molecule has 2 aromatic heterocycles. The number of hydrogen-bond acceptors (Lipinski definition) is 2. The van der Waals surface area contributed by atoms with Crippen molar-refractivity contribution in [3.8, 4) is 56.6 Å². The van der Waals surface area contributed by atoms with E-state index in [1.165, 1.54) is 149 Å². The molecule has 3 nitrogen and oxygen atoms in total. The number of fused-ring (bicyclic) bond motifs is 26. The maximum atomic E-state index is 12.4. The highest BCUT2D eigenvalue weighted by atomic mass is 14.9. The molecule has 8 aliphatic carbocycles. The van der Waals surface area contributed by atoms with Crippen LogP contribution >= 0.6 is 0 Å². The summed E-state index contributed by atoms with van der Waals surface area (Å²) in [6.45, 7) is 9.54. The first kappa shape index (κ1) is 50.2. The van der Waals surface area contributed by atoms with Crippen molar-refractivity contribution in [2.45, 2.75) is 93.3 Å². The molecule has 0 saturated heterocycles. The standard InChI is InChI=1S/C86H63N3/c1-82(2)61-27-11-15-31-65(61)85(66-32-16-12-28-62(66)82)69-35-19-25-57(52-21-7-5-8-22-52)73(69)77-75-59-42-56(84-44-49-37-50(45-84)39-51(38-49)46-84)43-60-76-72(89(81(59)60)71(75)40-54(47-87)79(77)85)41-55(48-88)80-78(76)74-58(53-23-9-6-10-24-53)26-20-36-70(74)86(80)67-33-17-13-29-63(67)83(3,4)64-30-14-18-34-68(64)86/h5-36,40-43,49-51H,37-39,44-46H2,1-4H3. The Morgan fingerprint density at radius 1 is 0.371 bits per heavy atom. The summed E-state index contributed by atoms with van der Waals surface area (Å²) in [5, 5.41) is 29.7. The van der Waals surface area contributed by atoms with Crippen molar-refractivity contribution >= 4 is 38.1 Å². The van der Waals surface area contributed by atoms with Crippen molar-refractivity contribution in [3.05, 3.63) is 302 Å². The van der Waals surface area contributed by atoms with Crippen LogP contribution in [-0.2, 0) is 27.1 Å².